The zero-order valence-corrected chi connectivity index (χ0v) is 12.6. The Balaban J connectivity index is 1.83. The van der Waals surface area contributed by atoms with E-state index in [1.54, 1.807) is 19.1 Å². The number of furan rings is 1. The molecule has 0 atom stereocenters. The van der Waals surface area contributed by atoms with Gasteiger partial charge in [0.05, 0.1) is 11.6 Å². The van der Waals surface area contributed by atoms with Crippen LogP contribution >= 0.6 is 0 Å². The largest absolute Gasteiger partial charge is 0.507 e. The maximum Gasteiger partial charge on any atom is 0.307 e. The van der Waals surface area contributed by atoms with Crippen LogP contribution in [0, 0.1) is 12.7 Å². The molecule has 1 heterocycles. The average molecular weight is 328 g/mol. The molecule has 1 amide bonds. The molecule has 0 spiro atoms. The topological polar surface area (TPSA) is 95.1 Å². The molecule has 3 rings (SSSR count). The molecule has 0 bridgehead atoms. The molecule has 0 aliphatic rings. The van der Waals surface area contributed by atoms with Gasteiger partial charge in [-0.15, -0.1) is 0 Å². The number of fused-ring (bicyclic) bond motifs is 1. The lowest BCUT2D eigenvalue weighted by molar-refractivity contribution is 0.0929. The van der Waals surface area contributed by atoms with E-state index in [4.69, 9.17) is 4.42 Å². The number of nitrogens with zero attached hydrogens (tertiary/aromatic N) is 1. The number of phenols is 2. The normalized spacial score (nSPS) is 11.2. The average Bonchev–Trinajstić information content (AvgIpc) is 2.90. The number of amides is 1. The van der Waals surface area contributed by atoms with Gasteiger partial charge in [0, 0.05) is 11.1 Å². The quantitative estimate of drug-likeness (QED) is 0.509. The third kappa shape index (κ3) is 2.67. The van der Waals surface area contributed by atoms with Gasteiger partial charge in [-0.3, -0.25) is 4.79 Å². The van der Waals surface area contributed by atoms with Crippen LogP contribution in [-0.2, 0) is 0 Å². The number of carbonyl (C=O) groups is 1. The molecule has 0 aliphatic carbocycles. The van der Waals surface area contributed by atoms with Crippen LogP contribution in [0.4, 0.5) is 4.39 Å². The van der Waals surface area contributed by atoms with Crippen LogP contribution < -0.4 is 5.43 Å². The van der Waals surface area contributed by atoms with Gasteiger partial charge in [0.25, 0.3) is 0 Å². The number of aryl methyl sites for hydroxylation is 1. The highest BCUT2D eigenvalue weighted by molar-refractivity contribution is 6.01. The van der Waals surface area contributed by atoms with Crippen molar-refractivity contribution in [1.82, 2.24) is 5.43 Å². The summed E-state index contributed by atoms with van der Waals surface area (Å²) >= 11 is 0. The van der Waals surface area contributed by atoms with Gasteiger partial charge in [0.2, 0.25) is 0 Å². The zero-order chi connectivity index (χ0) is 17.3. The monoisotopic (exact) mass is 328 g/mol. The molecule has 7 heteroatoms. The summed E-state index contributed by atoms with van der Waals surface area (Å²) < 4.78 is 18.6. The Labute approximate surface area is 135 Å². The van der Waals surface area contributed by atoms with Gasteiger partial charge < -0.3 is 14.6 Å². The summed E-state index contributed by atoms with van der Waals surface area (Å²) in [7, 11) is 0. The number of rotatable bonds is 3. The summed E-state index contributed by atoms with van der Waals surface area (Å²) in [4.78, 5) is 12.2. The molecule has 6 nitrogen and oxygen atoms in total. The van der Waals surface area contributed by atoms with Crippen LogP contribution in [0.3, 0.4) is 0 Å². The van der Waals surface area contributed by atoms with Crippen molar-refractivity contribution in [1.29, 1.82) is 0 Å². The molecular formula is C17H13FN2O4. The highest BCUT2D eigenvalue weighted by Gasteiger charge is 2.19. The molecular weight excluding hydrogens is 315 g/mol. The number of aromatic hydroxyl groups is 2. The lowest BCUT2D eigenvalue weighted by Crippen LogP contribution is -2.17. The van der Waals surface area contributed by atoms with Gasteiger partial charge in [-0.2, -0.15) is 5.10 Å². The second-order valence-electron chi connectivity index (χ2n) is 5.08. The van der Waals surface area contributed by atoms with Crippen LogP contribution in [0.2, 0.25) is 0 Å². The van der Waals surface area contributed by atoms with Gasteiger partial charge in [-0.1, -0.05) is 12.1 Å². The molecule has 0 aliphatic heterocycles. The SMILES string of the molecule is Cc1c(C(=O)NN=Cc2cccc(F)c2O)oc2cccc(O)c12. The summed E-state index contributed by atoms with van der Waals surface area (Å²) in [5.74, 6) is -1.95. The molecule has 0 radical (unpaired) electrons. The molecule has 0 fully saturated rings. The molecule has 0 saturated carbocycles. The van der Waals surface area contributed by atoms with E-state index in [0.717, 1.165) is 12.3 Å². The van der Waals surface area contributed by atoms with E-state index < -0.39 is 17.5 Å². The van der Waals surface area contributed by atoms with Crippen molar-refractivity contribution in [3.8, 4) is 11.5 Å². The lowest BCUT2D eigenvalue weighted by atomic mass is 10.1. The van der Waals surface area contributed by atoms with Crippen molar-refractivity contribution in [2.75, 3.05) is 0 Å². The number of halogens is 1. The van der Waals surface area contributed by atoms with E-state index in [2.05, 4.69) is 10.5 Å². The van der Waals surface area contributed by atoms with Crippen LogP contribution in [0.5, 0.6) is 11.5 Å². The third-order valence-corrected chi connectivity index (χ3v) is 3.53. The first kappa shape index (κ1) is 15.5. The number of nitrogens with one attached hydrogen (secondary N) is 1. The Morgan fingerprint density at radius 1 is 1.25 bits per heavy atom. The number of hydrogen-bond donors (Lipinski definition) is 3. The van der Waals surface area contributed by atoms with Crippen LogP contribution in [0.1, 0.15) is 21.7 Å². The minimum atomic E-state index is -0.783. The standard InChI is InChI=1S/C17H13FN2O4/c1-9-14-12(21)6-3-7-13(14)24-16(9)17(23)20-19-8-10-4-2-5-11(18)15(10)22/h2-8,21-22H,1H3,(H,20,23). The Bertz CT molecular complexity index is 963. The Morgan fingerprint density at radius 2 is 2.00 bits per heavy atom. The van der Waals surface area contributed by atoms with Crippen LogP contribution in [0.25, 0.3) is 11.0 Å². The maximum absolute atomic E-state index is 13.2. The van der Waals surface area contributed by atoms with Crippen molar-refractivity contribution in [2.45, 2.75) is 6.92 Å². The summed E-state index contributed by atoms with van der Waals surface area (Å²) in [6.45, 7) is 1.64. The van der Waals surface area contributed by atoms with Crippen molar-refractivity contribution in [3.05, 3.63) is 59.1 Å². The van der Waals surface area contributed by atoms with Crippen molar-refractivity contribution >= 4 is 23.1 Å². The fraction of sp³-hybridized carbons (Fsp3) is 0.0588. The second-order valence-corrected chi connectivity index (χ2v) is 5.08. The minimum absolute atomic E-state index is 0.00659. The van der Waals surface area contributed by atoms with Gasteiger partial charge in [0.15, 0.2) is 17.3 Å². The predicted molar refractivity (Wildman–Crippen MR) is 85.7 cm³/mol. The molecule has 1 aromatic heterocycles. The minimum Gasteiger partial charge on any atom is -0.507 e. The lowest BCUT2D eigenvalue weighted by Gasteiger charge is -2.00. The van der Waals surface area contributed by atoms with Crippen LogP contribution in [0.15, 0.2) is 45.9 Å². The Kier molecular flexibility index (Phi) is 3.91. The molecule has 122 valence electrons. The van der Waals surface area contributed by atoms with Crippen molar-refractivity contribution < 1.29 is 23.8 Å². The number of para-hydroxylation sites is 1. The van der Waals surface area contributed by atoms with Gasteiger partial charge >= 0.3 is 5.91 Å². The first-order valence-electron chi connectivity index (χ1n) is 7.01. The van der Waals surface area contributed by atoms with E-state index in [0.29, 0.717) is 16.5 Å². The summed E-state index contributed by atoms with van der Waals surface area (Å²) in [5, 5.41) is 23.5. The van der Waals surface area contributed by atoms with E-state index >= 15 is 0 Å². The maximum atomic E-state index is 13.2. The number of benzene rings is 2. The second kappa shape index (κ2) is 6.04. The summed E-state index contributed by atoms with van der Waals surface area (Å²) in [6, 6.07) is 8.69. The third-order valence-electron chi connectivity index (χ3n) is 3.53. The first-order chi connectivity index (χ1) is 11.5. The van der Waals surface area contributed by atoms with E-state index in [-0.39, 0.29) is 17.1 Å². The van der Waals surface area contributed by atoms with Gasteiger partial charge in [0.1, 0.15) is 11.3 Å². The highest BCUT2D eigenvalue weighted by Crippen LogP contribution is 2.32. The number of phenolic OH excluding ortho intramolecular Hbond substituents is 2. The summed E-state index contributed by atoms with van der Waals surface area (Å²) in [6.07, 6.45) is 1.12. The Hall–Kier alpha value is -3.35. The molecule has 0 saturated heterocycles. The van der Waals surface area contributed by atoms with Gasteiger partial charge in [-0.05, 0) is 31.2 Å². The molecule has 3 aromatic rings. The van der Waals surface area contributed by atoms with Crippen molar-refractivity contribution in [2.24, 2.45) is 5.10 Å². The molecule has 0 unspecified atom stereocenters. The van der Waals surface area contributed by atoms with Crippen molar-refractivity contribution in [3.63, 3.8) is 0 Å². The van der Waals surface area contributed by atoms with E-state index in [1.165, 1.54) is 18.2 Å². The first-order valence-corrected chi connectivity index (χ1v) is 7.01. The fourth-order valence-electron chi connectivity index (χ4n) is 2.35. The molecule has 3 N–H and O–H groups in total. The van der Waals surface area contributed by atoms with Gasteiger partial charge in [-0.25, -0.2) is 9.82 Å². The number of hydrazone groups is 1. The highest BCUT2D eigenvalue weighted by atomic mass is 19.1. The Morgan fingerprint density at radius 3 is 2.75 bits per heavy atom. The number of hydrogen-bond acceptors (Lipinski definition) is 5. The van der Waals surface area contributed by atoms with Crippen LogP contribution in [-0.4, -0.2) is 22.3 Å². The zero-order valence-electron chi connectivity index (χ0n) is 12.6. The van der Waals surface area contributed by atoms with E-state index in [1.807, 2.05) is 0 Å². The number of carbonyl (C=O) groups excluding carboxylic acids is 1. The predicted octanol–water partition coefficient (Wildman–Crippen LogP) is 3.06. The summed E-state index contributed by atoms with van der Waals surface area (Å²) in [5.41, 5.74) is 3.21. The van der Waals surface area contributed by atoms with E-state index in [9.17, 15) is 19.4 Å². The fourth-order valence-corrected chi connectivity index (χ4v) is 2.35. The molecule has 24 heavy (non-hydrogen) atoms. The smallest absolute Gasteiger partial charge is 0.307 e. The molecule has 2 aromatic carbocycles.